The second-order valence-corrected chi connectivity index (χ2v) is 13.6. The van der Waals surface area contributed by atoms with Crippen LogP contribution < -0.4 is 4.74 Å². The van der Waals surface area contributed by atoms with E-state index in [1.165, 1.54) is 13.2 Å². The molecule has 0 aliphatic heterocycles. The predicted octanol–water partition coefficient (Wildman–Crippen LogP) is 6.80. The number of methoxy groups -OCH3 is 1. The molecule has 0 aliphatic rings. The van der Waals surface area contributed by atoms with Crippen LogP contribution in [0.1, 0.15) is 40.2 Å². The molecule has 1 rings (SSSR count). The van der Waals surface area contributed by atoms with Crippen LogP contribution in [0, 0.1) is 0 Å². The molecule has 0 spiro atoms. The minimum atomic E-state index is -4.09. The fourth-order valence-corrected chi connectivity index (χ4v) is 11.9. The molecule has 0 aromatic heterocycles. The van der Waals surface area contributed by atoms with E-state index < -0.39 is 28.5 Å². The molecule has 1 atom stereocenters. The van der Waals surface area contributed by atoms with Gasteiger partial charge in [-0.2, -0.15) is 0 Å². The Balaban J connectivity index is 3.78. The summed E-state index contributed by atoms with van der Waals surface area (Å²) in [5.74, 6) is -0.0589. The van der Waals surface area contributed by atoms with Crippen LogP contribution in [-0.2, 0) is 36.3 Å². The van der Waals surface area contributed by atoms with Gasteiger partial charge in [0.2, 0.25) is 0 Å². The molecular formula is C20H35O9P3. The summed E-state index contributed by atoms with van der Waals surface area (Å²) in [6, 6.07) is 6.85. The van der Waals surface area contributed by atoms with Crippen LogP contribution in [0.25, 0.3) is 6.08 Å². The summed E-state index contributed by atoms with van der Waals surface area (Å²) in [7, 11) is -10.5. The van der Waals surface area contributed by atoms with Crippen molar-refractivity contribution in [2.45, 2.75) is 34.6 Å². The lowest BCUT2D eigenvalue weighted by Gasteiger charge is -2.28. The van der Waals surface area contributed by atoms with Crippen LogP contribution in [0.5, 0.6) is 5.75 Å². The van der Waals surface area contributed by atoms with Crippen molar-refractivity contribution in [3.8, 4) is 5.75 Å². The van der Waals surface area contributed by atoms with Crippen molar-refractivity contribution in [1.82, 2.24) is 0 Å². The summed E-state index contributed by atoms with van der Waals surface area (Å²) in [6.07, 6.45) is 1.42. The minimum Gasteiger partial charge on any atom is -0.497 e. The van der Waals surface area contributed by atoms with Crippen molar-refractivity contribution in [3.05, 3.63) is 34.9 Å². The zero-order chi connectivity index (χ0) is 24.3. The molecule has 0 saturated heterocycles. The van der Waals surface area contributed by atoms with Gasteiger partial charge in [0.25, 0.3) is 7.37 Å². The Morgan fingerprint density at radius 3 is 1.81 bits per heavy atom. The van der Waals surface area contributed by atoms with E-state index in [1.54, 1.807) is 58.9 Å². The summed E-state index contributed by atoms with van der Waals surface area (Å²) in [5.41, 5.74) is 0.529. The molecule has 32 heavy (non-hydrogen) atoms. The molecule has 0 bridgehead atoms. The molecular weight excluding hydrogens is 477 g/mol. The normalized spacial score (nSPS) is 14.9. The number of benzene rings is 1. The first-order valence-electron chi connectivity index (χ1n) is 10.5. The molecule has 0 radical (unpaired) electrons. The van der Waals surface area contributed by atoms with E-state index in [4.69, 9.17) is 27.4 Å². The minimum absolute atomic E-state index is 0.00320. The zero-order valence-electron chi connectivity index (χ0n) is 19.6. The van der Waals surface area contributed by atoms with Crippen LogP contribution in [0.15, 0.2) is 29.3 Å². The number of hydrogen-bond acceptors (Lipinski definition) is 9. The Hall–Kier alpha value is -0.750. The average molecular weight is 512 g/mol. The van der Waals surface area contributed by atoms with Gasteiger partial charge in [0.1, 0.15) is 16.7 Å². The van der Waals surface area contributed by atoms with Crippen molar-refractivity contribution in [2.75, 3.05) is 46.0 Å². The molecule has 0 saturated carbocycles. The fraction of sp³-hybridized carbons (Fsp3) is 0.600. The van der Waals surface area contributed by atoms with Gasteiger partial charge in [-0.3, -0.25) is 13.7 Å². The molecule has 0 N–H and O–H groups in total. The SMILES string of the molecule is CCOP(=O)(CP(=O)(OCC)/C(=C/c1cccc(OC)c1)P(=O)(OCC)OCC)OCC. The maximum Gasteiger partial charge on any atom is 0.367 e. The summed E-state index contributed by atoms with van der Waals surface area (Å²) >= 11 is 0. The Labute approximate surface area is 191 Å². The van der Waals surface area contributed by atoms with E-state index >= 15 is 0 Å². The van der Waals surface area contributed by atoms with E-state index in [9.17, 15) is 13.7 Å². The largest absolute Gasteiger partial charge is 0.497 e. The lowest BCUT2D eigenvalue weighted by molar-refractivity contribution is 0.222. The highest BCUT2D eigenvalue weighted by atomic mass is 31.3. The van der Waals surface area contributed by atoms with Crippen molar-refractivity contribution < 1.29 is 41.1 Å². The molecule has 0 heterocycles. The quantitative estimate of drug-likeness (QED) is 0.221. The predicted molar refractivity (Wildman–Crippen MR) is 127 cm³/mol. The Kier molecular flexibility index (Phi) is 12.7. The van der Waals surface area contributed by atoms with Crippen LogP contribution in [0.4, 0.5) is 0 Å². The Morgan fingerprint density at radius 2 is 1.34 bits per heavy atom. The van der Waals surface area contributed by atoms with Gasteiger partial charge in [-0.25, -0.2) is 0 Å². The maximum atomic E-state index is 14.2. The van der Waals surface area contributed by atoms with Crippen LogP contribution >= 0.6 is 22.6 Å². The van der Waals surface area contributed by atoms with Gasteiger partial charge in [-0.1, -0.05) is 12.1 Å². The molecule has 0 aliphatic carbocycles. The van der Waals surface area contributed by atoms with Crippen molar-refractivity contribution >= 4 is 28.6 Å². The first-order valence-corrected chi connectivity index (χ1v) is 15.6. The summed E-state index contributed by atoms with van der Waals surface area (Å²) in [6.45, 7) is 8.45. The molecule has 1 unspecified atom stereocenters. The van der Waals surface area contributed by atoms with Crippen molar-refractivity contribution in [2.24, 2.45) is 0 Å². The average Bonchev–Trinajstić information content (AvgIpc) is 2.72. The second-order valence-electron chi connectivity index (χ2n) is 6.29. The summed E-state index contributed by atoms with van der Waals surface area (Å²) in [5, 5.41) is -0.205. The molecule has 1 aromatic carbocycles. The molecule has 184 valence electrons. The number of hydrogen-bond donors (Lipinski definition) is 0. The topological polar surface area (TPSA) is 107 Å². The van der Waals surface area contributed by atoms with E-state index in [0.717, 1.165) is 0 Å². The van der Waals surface area contributed by atoms with Crippen LogP contribution in [-0.4, -0.2) is 46.0 Å². The van der Waals surface area contributed by atoms with Crippen LogP contribution in [0.2, 0.25) is 0 Å². The van der Waals surface area contributed by atoms with Gasteiger partial charge in [0, 0.05) is 0 Å². The Morgan fingerprint density at radius 1 is 0.812 bits per heavy atom. The molecule has 0 amide bonds. The second kappa shape index (κ2) is 13.8. The van der Waals surface area contributed by atoms with Gasteiger partial charge in [0.05, 0.1) is 40.1 Å². The first-order chi connectivity index (χ1) is 15.2. The third kappa shape index (κ3) is 8.23. The monoisotopic (exact) mass is 512 g/mol. The molecule has 12 heteroatoms. The summed E-state index contributed by atoms with van der Waals surface area (Å²) in [4.78, 5) is 0. The standard InChI is InChI=1S/C20H35O9P3/c1-7-25-30(21,17-31(22,26-8-2)27-9-3)20(32(23,28-10-4)29-11-5)16-18-13-12-14-19(15-18)24-6/h12-16H,7-11,17H2,1-6H3/b20-16-. The number of rotatable bonds is 16. The molecule has 1 aromatic rings. The lowest BCUT2D eigenvalue weighted by atomic mass is 10.2. The van der Waals surface area contributed by atoms with Gasteiger partial charge in [-0.15, -0.1) is 0 Å². The summed E-state index contributed by atoms with van der Waals surface area (Å²) < 4.78 is 73.9. The highest BCUT2D eigenvalue weighted by molar-refractivity contribution is 7.86. The zero-order valence-corrected chi connectivity index (χ0v) is 22.3. The van der Waals surface area contributed by atoms with Gasteiger partial charge in [-0.05, 0) is 58.4 Å². The van der Waals surface area contributed by atoms with Crippen molar-refractivity contribution in [3.63, 3.8) is 0 Å². The lowest BCUT2D eigenvalue weighted by Crippen LogP contribution is -2.08. The highest BCUT2D eigenvalue weighted by Crippen LogP contribution is 2.78. The third-order valence-corrected chi connectivity index (χ3v) is 13.2. The highest BCUT2D eigenvalue weighted by Gasteiger charge is 2.48. The van der Waals surface area contributed by atoms with Gasteiger partial charge < -0.3 is 27.4 Å². The Bertz CT molecular complexity index is 865. The van der Waals surface area contributed by atoms with Gasteiger partial charge in [0.15, 0.2) is 0 Å². The van der Waals surface area contributed by atoms with Gasteiger partial charge >= 0.3 is 15.2 Å². The van der Waals surface area contributed by atoms with E-state index in [2.05, 4.69) is 0 Å². The number of ether oxygens (including phenoxy) is 1. The van der Waals surface area contributed by atoms with Crippen LogP contribution in [0.3, 0.4) is 0 Å². The molecule has 0 fully saturated rings. The van der Waals surface area contributed by atoms with E-state index in [1.807, 2.05) is 0 Å². The fourth-order valence-electron chi connectivity index (χ4n) is 2.88. The smallest absolute Gasteiger partial charge is 0.367 e. The third-order valence-electron chi connectivity index (χ3n) is 3.97. The first kappa shape index (κ1) is 29.3. The van der Waals surface area contributed by atoms with E-state index in [0.29, 0.717) is 11.3 Å². The molecule has 9 nitrogen and oxygen atoms in total. The van der Waals surface area contributed by atoms with Crippen molar-refractivity contribution in [1.29, 1.82) is 0 Å². The van der Waals surface area contributed by atoms with E-state index in [-0.39, 0.29) is 38.1 Å². The maximum absolute atomic E-state index is 14.2.